The Hall–Kier alpha value is -2.16. The lowest BCUT2D eigenvalue weighted by Gasteiger charge is -2.13. The van der Waals surface area contributed by atoms with Crippen LogP contribution in [0.4, 0.5) is 5.82 Å². The maximum Gasteiger partial charge on any atom is 0.227 e. The summed E-state index contributed by atoms with van der Waals surface area (Å²) >= 11 is 0. The second-order valence-corrected chi connectivity index (χ2v) is 6.48. The van der Waals surface area contributed by atoms with Crippen LogP contribution in [0.15, 0.2) is 53.7 Å². The molecule has 2 aromatic rings. The number of halogens is 1. The van der Waals surface area contributed by atoms with E-state index in [0.29, 0.717) is 31.2 Å². The summed E-state index contributed by atoms with van der Waals surface area (Å²) in [5.74, 6) is 1.55. The van der Waals surface area contributed by atoms with Crippen LogP contribution in [0.5, 0.6) is 0 Å². The number of pyridine rings is 1. The highest BCUT2D eigenvalue weighted by atomic mass is 127. The first-order valence-corrected chi connectivity index (χ1v) is 9.38. The van der Waals surface area contributed by atoms with Crippen LogP contribution in [0, 0.1) is 6.92 Å². The van der Waals surface area contributed by atoms with E-state index in [9.17, 15) is 4.79 Å². The third kappa shape index (κ3) is 8.69. The van der Waals surface area contributed by atoms with Crippen LogP contribution in [0.25, 0.3) is 0 Å². The second-order valence-electron chi connectivity index (χ2n) is 6.48. The van der Waals surface area contributed by atoms with E-state index in [2.05, 4.69) is 45.0 Å². The standard InChI is InChI=1S/C21H29N5O.HI/c1-4-22-21(25-15-17(3)18-8-6-5-7-9-18)23-13-12-20(27)26-19-11-10-16(2)14-24-19;/h5-11,14,17H,4,12-13,15H2,1-3H3,(H2,22,23,25)(H,24,26,27);1H. The Labute approximate surface area is 184 Å². The molecule has 0 saturated carbocycles. The quantitative estimate of drug-likeness (QED) is 0.297. The molecule has 0 aliphatic rings. The van der Waals surface area contributed by atoms with Crippen LogP contribution < -0.4 is 16.0 Å². The predicted octanol–water partition coefficient (Wildman–Crippen LogP) is 3.70. The highest BCUT2D eigenvalue weighted by Crippen LogP contribution is 2.14. The molecule has 0 spiro atoms. The minimum Gasteiger partial charge on any atom is -0.357 e. The third-order valence-electron chi connectivity index (χ3n) is 4.06. The molecule has 1 amide bonds. The summed E-state index contributed by atoms with van der Waals surface area (Å²) in [7, 11) is 0. The van der Waals surface area contributed by atoms with E-state index in [0.717, 1.165) is 18.1 Å². The fourth-order valence-electron chi connectivity index (χ4n) is 2.50. The number of amides is 1. The maximum atomic E-state index is 12.0. The van der Waals surface area contributed by atoms with Gasteiger partial charge in [-0.3, -0.25) is 9.79 Å². The highest BCUT2D eigenvalue weighted by molar-refractivity contribution is 14.0. The molecular formula is C21H30IN5O. The first kappa shape index (κ1) is 23.9. The largest absolute Gasteiger partial charge is 0.357 e. The van der Waals surface area contributed by atoms with Crippen molar-refractivity contribution in [3.8, 4) is 0 Å². The first-order valence-electron chi connectivity index (χ1n) is 9.38. The Morgan fingerprint density at radius 1 is 1.14 bits per heavy atom. The number of aryl methyl sites for hydroxylation is 1. The number of guanidine groups is 1. The number of benzene rings is 1. The van der Waals surface area contributed by atoms with Crippen LogP contribution in [-0.2, 0) is 4.79 Å². The van der Waals surface area contributed by atoms with Crippen molar-refractivity contribution in [2.24, 2.45) is 4.99 Å². The molecule has 0 saturated heterocycles. The van der Waals surface area contributed by atoms with E-state index in [4.69, 9.17) is 0 Å². The van der Waals surface area contributed by atoms with E-state index in [1.54, 1.807) is 12.3 Å². The fraction of sp³-hybridized carbons (Fsp3) is 0.381. The summed E-state index contributed by atoms with van der Waals surface area (Å²) < 4.78 is 0. The molecule has 0 aliphatic carbocycles. The number of carbonyl (C=O) groups is 1. The molecule has 1 atom stereocenters. The van der Waals surface area contributed by atoms with Gasteiger partial charge in [-0.15, -0.1) is 24.0 Å². The molecule has 152 valence electrons. The van der Waals surface area contributed by atoms with Gasteiger partial charge in [0.1, 0.15) is 5.82 Å². The number of nitrogens with one attached hydrogen (secondary N) is 3. The molecule has 2 rings (SSSR count). The van der Waals surface area contributed by atoms with Gasteiger partial charge >= 0.3 is 0 Å². The summed E-state index contributed by atoms with van der Waals surface area (Å²) in [6, 6.07) is 14.1. The Morgan fingerprint density at radius 3 is 2.54 bits per heavy atom. The molecule has 1 unspecified atom stereocenters. The second kappa shape index (κ2) is 13.1. The molecule has 6 nitrogen and oxygen atoms in total. The van der Waals surface area contributed by atoms with Gasteiger partial charge in [0.15, 0.2) is 5.96 Å². The Morgan fingerprint density at radius 2 is 1.89 bits per heavy atom. The van der Waals surface area contributed by atoms with Gasteiger partial charge in [0.05, 0.1) is 0 Å². The smallest absolute Gasteiger partial charge is 0.227 e. The molecule has 1 aromatic carbocycles. The van der Waals surface area contributed by atoms with Crippen molar-refractivity contribution in [1.29, 1.82) is 0 Å². The minimum absolute atomic E-state index is 0. The summed E-state index contributed by atoms with van der Waals surface area (Å²) in [6.45, 7) is 8.09. The third-order valence-corrected chi connectivity index (χ3v) is 4.06. The van der Waals surface area contributed by atoms with Gasteiger partial charge in [-0.25, -0.2) is 4.98 Å². The summed E-state index contributed by atoms with van der Waals surface area (Å²) in [5, 5.41) is 9.22. The number of hydrogen-bond donors (Lipinski definition) is 3. The van der Waals surface area contributed by atoms with Crippen molar-refractivity contribution in [1.82, 2.24) is 15.6 Å². The molecule has 28 heavy (non-hydrogen) atoms. The first-order chi connectivity index (χ1) is 13.1. The van der Waals surface area contributed by atoms with Gasteiger partial charge in [-0.1, -0.05) is 43.3 Å². The molecular weight excluding hydrogens is 465 g/mol. The van der Waals surface area contributed by atoms with Crippen molar-refractivity contribution < 1.29 is 4.79 Å². The normalized spacial score (nSPS) is 11.9. The monoisotopic (exact) mass is 495 g/mol. The zero-order valence-corrected chi connectivity index (χ0v) is 19.1. The van der Waals surface area contributed by atoms with Crippen LogP contribution >= 0.6 is 24.0 Å². The van der Waals surface area contributed by atoms with Crippen molar-refractivity contribution in [2.75, 3.05) is 25.0 Å². The zero-order chi connectivity index (χ0) is 19.5. The summed E-state index contributed by atoms with van der Waals surface area (Å²) in [5.41, 5.74) is 2.33. The van der Waals surface area contributed by atoms with Gasteiger partial charge in [0.2, 0.25) is 5.91 Å². The highest BCUT2D eigenvalue weighted by Gasteiger charge is 2.06. The van der Waals surface area contributed by atoms with Crippen molar-refractivity contribution in [2.45, 2.75) is 33.1 Å². The molecule has 1 heterocycles. The fourth-order valence-corrected chi connectivity index (χ4v) is 2.50. The molecule has 0 radical (unpaired) electrons. The lowest BCUT2D eigenvalue weighted by Crippen LogP contribution is -2.39. The Bertz CT molecular complexity index is 734. The Balaban J connectivity index is 0.00000392. The van der Waals surface area contributed by atoms with E-state index in [-0.39, 0.29) is 29.9 Å². The molecule has 0 fully saturated rings. The average Bonchev–Trinajstić information content (AvgIpc) is 2.68. The number of carbonyl (C=O) groups excluding carboxylic acids is 1. The zero-order valence-electron chi connectivity index (χ0n) is 16.7. The Kier molecular flexibility index (Phi) is 11.2. The van der Waals surface area contributed by atoms with Crippen molar-refractivity contribution in [3.63, 3.8) is 0 Å². The number of aromatic nitrogens is 1. The van der Waals surface area contributed by atoms with Crippen molar-refractivity contribution in [3.05, 3.63) is 59.8 Å². The molecule has 0 bridgehead atoms. The molecule has 1 aromatic heterocycles. The van der Waals surface area contributed by atoms with Gasteiger partial charge < -0.3 is 16.0 Å². The average molecular weight is 495 g/mol. The SMILES string of the molecule is CCNC(=NCC(C)c1ccccc1)NCCC(=O)Nc1ccc(C)cn1.I. The van der Waals surface area contributed by atoms with Crippen LogP contribution in [0.3, 0.4) is 0 Å². The lowest BCUT2D eigenvalue weighted by molar-refractivity contribution is -0.116. The number of aliphatic imine (C=N–C) groups is 1. The topological polar surface area (TPSA) is 78.4 Å². The molecule has 3 N–H and O–H groups in total. The van der Waals surface area contributed by atoms with Crippen molar-refractivity contribution >= 4 is 41.7 Å². The predicted molar refractivity (Wildman–Crippen MR) is 126 cm³/mol. The van der Waals surface area contributed by atoms with E-state index in [1.165, 1.54) is 5.56 Å². The van der Waals surface area contributed by atoms with E-state index < -0.39 is 0 Å². The number of anilines is 1. The number of hydrogen-bond acceptors (Lipinski definition) is 3. The maximum absolute atomic E-state index is 12.0. The number of nitrogens with zero attached hydrogens (tertiary/aromatic N) is 2. The van der Waals surface area contributed by atoms with Gasteiger partial charge in [-0.2, -0.15) is 0 Å². The van der Waals surface area contributed by atoms with Crippen LogP contribution in [0.1, 0.15) is 37.3 Å². The van der Waals surface area contributed by atoms with Crippen LogP contribution in [0.2, 0.25) is 0 Å². The van der Waals surface area contributed by atoms with Crippen LogP contribution in [-0.4, -0.2) is 36.5 Å². The molecule has 7 heteroatoms. The van der Waals surface area contributed by atoms with Gasteiger partial charge in [0, 0.05) is 38.2 Å². The minimum atomic E-state index is -0.0765. The number of rotatable bonds is 8. The lowest BCUT2D eigenvalue weighted by atomic mass is 10.0. The van der Waals surface area contributed by atoms with Gasteiger partial charge in [0.25, 0.3) is 0 Å². The summed E-state index contributed by atoms with van der Waals surface area (Å²) in [4.78, 5) is 20.8. The molecule has 0 aliphatic heterocycles. The summed E-state index contributed by atoms with van der Waals surface area (Å²) in [6.07, 6.45) is 2.08. The van der Waals surface area contributed by atoms with Gasteiger partial charge in [-0.05, 0) is 31.0 Å². The van der Waals surface area contributed by atoms with E-state index >= 15 is 0 Å². The van der Waals surface area contributed by atoms with E-state index in [1.807, 2.05) is 38.1 Å².